The molecule has 0 aliphatic carbocycles. The average Bonchev–Trinajstić information content (AvgIpc) is 2.94. The van der Waals surface area contributed by atoms with E-state index in [9.17, 15) is 0 Å². The predicted octanol–water partition coefficient (Wildman–Crippen LogP) is 1.15. The summed E-state index contributed by atoms with van der Waals surface area (Å²) < 4.78 is 15.4. The number of methoxy groups -OCH3 is 1. The lowest BCUT2D eigenvalue weighted by Gasteiger charge is -2.11. The first-order chi connectivity index (χ1) is 10.8. The smallest absolute Gasteiger partial charge is 0.226 e. The maximum atomic E-state index is 5.39. The van der Waals surface area contributed by atoms with Gasteiger partial charge in [-0.15, -0.1) is 24.0 Å². The van der Waals surface area contributed by atoms with E-state index in [-0.39, 0.29) is 24.0 Å². The molecule has 0 aliphatic heterocycles. The van der Waals surface area contributed by atoms with Gasteiger partial charge in [0.05, 0.1) is 13.2 Å². The first-order valence-corrected chi connectivity index (χ1v) is 7.56. The third-order valence-electron chi connectivity index (χ3n) is 2.84. The average molecular weight is 441 g/mol. The number of guanidine groups is 1. The molecule has 23 heavy (non-hydrogen) atoms. The van der Waals surface area contributed by atoms with E-state index in [1.54, 1.807) is 14.2 Å². The minimum Gasteiger partial charge on any atom is -0.382 e. The summed E-state index contributed by atoms with van der Waals surface area (Å²) in [5.74, 6) is 2.14. The van der Waals surface area contributed by atoms with Crippen molar-refractivity contribution in [3.8, 4) is 0 Å². The highest BCUT2D eigenvalue weighted by Crippen LogP contribution is 1.98. The van der Waals surface area contributed by atoms with E-state index in [1.807, 2.05) is 6.92 Å². The fraction of sp³-hybridized carbons (Fsp3) is 0.786. The number of nitrogens with one attached hydrogen (secondary N) is 2. The van der Waals surface area contributed by atoms with Crippen molar-refractivity contribution in [2.75, 3.05) is 47.1 Å². The van der Waals surface area contributed by atoms with E-state index in [0.29, 0.717) is 31.5 Å². The first-order valence-electron chi connectivity index (χ1n) is 7.56. The Morgan fingerprint density at radius 2 is 1.91 bits per heavy atom. The quantitative estimate of drug-likeness (QED) is 0.230. The molecule has 0 unspecified atom stereocenters. The van der Waals surface area contributed by atoms with Crippen molar-refractivity contribution in [2.24, 2.45) is 4.99 Å². The molecule has 1 aromatic rings. The second kappa shape index (κ2) is 14.6. The van der Waals surface area contributed by atoms with Gasteiger partial charge in [-0.05, 0) is 19.8 Å². The molecule has 9 heteroatoms. The van der Waals surface area contributed by atoms with E-state index in [4.69, 9.17) is 14.0 Å². The summed E-state index contributed by atoms with van der Waals surface area (Å²) in [5.41, 5.74) is 0. The van der Waals surface area contributed by atoms with Crippen molar-refractivity contribution in [1.82, 2.24) is 20.8 Å². The van der Waals surface area contributed by atoms with Crippen LogP contribution in [0.5, 0.6) is 0 Å². The molecule has 134 valence electrons. The van der Waals surface area contributed by atoms with Gasteiger partial charge in [0.1, 0.15) is 0 Å². The zero-order valence-electron chi connectivity index (χ0n) is 14.1. The van der Waals surface area contributed by atoms with Crippen LogP contribution >= 0.6 is 24.0 Å². The summed E-state index contributed by atoms with van der Waals surface area (Å²) >= 11 is 0. The highest BCUT2D eigenvalue weighted by Gasteiger charge is 2.02. The first kappa shape index (κ1) is 22.1. The zero-order chi connectivity index (χ0) is 16.0. The fourth-order valence-electron chi connectivity index (χ4n) is 1.73. The number of aryl methyl sites for hydroxylation is 2. The molecule has 1 heterocycles. The molecular weight excluding hydrogens is 413 g/mol. The summed E-state index contributed by atoms with van der Waals surface area (Å²) in [6.07, 6.45) is 2.59. The van der Waals surface area contributed by atoms with Gasteiger partial charge in [-0.3, -0.25) is 4.99 Å². The number of ether oxygens (including phenoxy) is 2. The van der Waals surface area contributed by atoms with Gasteiger partial charge in [-0.25, -0.2) is 0 Å². The van der Waals surface area contributed by atoms with Gasteiger partial charge in [0.2, 0.25) is 5.89 Å². The molecule has 0 aliphatic rings. The standard InChI is InChI=1S/C14H27N5O3.HI/c1-12-18-13(22-19-12)6-4-7-16-14(15-2)17-8-5-9-21-11-10-20-3;/h4-11H2,1-3H3,(H2,15,16,17);1H. The molecule has 0 saturated heterocycles. The Morgan fingerprint density at radius 3 is 2.52 bits per heavy atom. The highest BCUT2D eigenvalue weighted by atomic mass is 127. The molecule has 0 radical (unpaired) electrons. The summed E-state index contributed by atoms with van der Waals surface area (Å²) in [5, 5.41) is 10.2. The van der Waals surface area contributed by atoms with E-state index in [2.05, 4.69) is 25.8 Å². The number of rotatable bonds is 11. The second-order valence-corrected chi connectivity index (χ2v) is 4.72. The number of aromatic nitrogens is 2. The largest absolute Gasteiger partial charge is 0.382 e. The molecule has 0 aromatic carbocycles. The summed E-state index contributed by atoms with van der Waals surface area (Å²) in [6.45, 7) is 5.41. The second-order valence-electron chi connectivity index (χ2n) is 4.72. The van der Waals surface area contributed by atoms with Gasteiger partial charge in [0.25, 0.3) is 0 Å². The molecule has 0 fully saturated rings. The summed E-state index contributed by atoms with van der Waals surface area (Å²) in [7, 11) is 3.42. The topological polar surface area (TPSA) is 93.8 Å². The van der Waals surface area contributed by atoms with E-state index < -0.39 is 0 Å². The Kier molecular flexibility index (Phi) is 14.0. The van der Waals surface area contributed by atoms with Crippen LogP contribution in [0, 0.1) is 6.92 Å². The maximum Gasteiger partial charge on any atom is 0.226 e. The van der Waals surface area contributed by atoms with Crippen molar-refractivity contribution in [1.29, 1.82) is 0 Å². The van der Waals surface area contributed by atoms with Gasteiger partial charge in [0, 0.05) is 40.3 Å². The van der Waals surface area contributed by atoms with Gasteiger partial charge >= 0.3 is 0 Å². The maximum absolute atomic E-state index is 5.39. The molecule has 0 atom stereocenters. The third kappa shape index (κ3) is 11.3. The minimum absolute atomic E-state index is 0. The Balaban J connectivity index is 0.00000484. The lowest BCUT2D eigenvalue weighted by Crippen LogP contribution is -2.38. The summed E-state index contributed by atoms with van der Waals surface area (Å²) in [6, 6.07) is 0. The van der Waals surface area contributed by atoms with Crippen LogP contribution in [0.15, 0.2) is 9.52 Å². The number of nitrogens with zero attached hydrogens (tertiary/aromatic N) is 3. The molecule has 1 rings (SSSR count). The molecular formula is C14H28IN5O3. The van der Waals surface area contributed by atoms with E-state index >= 15 is 0 Å². The molecule has 8 nitrogen and oxygen atoms in total. The van der Waals surface area contributed by atoms with Crippen LogP contribution in [0.1, 0.15) is 24.6 Å². The number of hydrogen-bond donors (Lipinski definition) is 2. The Labute approximate surface area is 154 Å². The van der Waals surface area contributed by atoms with Crippen LogP contribution in [0.25, 0.3) is 0 Å². The van der Waals surface area contributed by atoms with Crippen LogP contribution in [-0.4, -0.2) is 63.2 Å². The van der Waals surface area contributed by atoms with Gasteiger partial charge < -0.3 is 24.6 Å². The van der Waals surface area contributed by atoms with Crippen LogP contribution in [0.2, 0.25) is 0 Å². The Hall–Kier alpha value is -0.940. The molecule has 1 aromatic heterocycles. The fourth-order valence-corrected chi connectivity index (χ4v) is 1.73. The van der Waals surface area contributed by atoms with Crippen molar-refractivity contribution in [3.05, 3.63) is 11.7 Å². The molecule has 0 spiro atoms. The van der Waals surface area contributed by atoms with Gasteiger partial charge in [-0.2, -0.15) is 4.98 Å². The molecule has 0 saturated carbocycles. The van der Waals surface area contributed by atoms with Crippen LogP contribution in [0.3, 0.4) is 0 Å². The van der Waals surface area contributed by atoms with Crippen LogP contribution in [-0.2, 0) is 15.9 Å². The molecule has 0 bridgehead atoms. The monoisotopic (exact) mass is 441 g/mol. The van der Waals surface area contributed by atoms with Gasteiger partial charge in [-0.1, -0.05) is 5.16 Å². The predicted molar refractivity (Wildman–Crippen MR) is 99.4 cm³/mol. The van der Waals surface area contributed by atoms with E-state index in [0.717, 1.165) is 38.3 Å². The lowest BCUT2D eigenvalue weighted by atomic mass is 10.3. The van der Waals surface area contributed by atoms with Crippen molar-refractivity contribution >= 4 is 29.9 Å². The summed E-state index contributed by atoms with van der Waals surface area (Å²) in [4.78, 5) is 8.33. The number of aliphatic imine (C=N–C) groups is 1. The molecule has 2 N–H and O–H groups in total. The normalized spacial score (nSPS) is 11.2. The Bertz CT molecular complexity index is 428. The van der Waals surface area contributed by atoms with Gasteiger partial charge in [0.15, 0.2) is 11.8 Å². The Morgan fingerprint density at radius 1 is 1.17 bits per heavy atom. The van der Waals surface area contributed by atoms with Crippen LogP contribution < -0.4 is 10.6 Å². The minimum atomic E-state index is 0. The zero-order valence-corrected chi connectivity index (χ0v) is 16.5. The van der Waals surface area contributed by atoms with E-state index in [1.165, 1.54) is 0 Å². The molecule has 0 amide bonds. The van der Waals surface area contributed by atoms with Crippen molar-refractivity contribution in [2.45, 2.75) is 26.2 Å². The number of halogens is 1. The lowest BCUT2D eigenvalue weighted by molar-refractivity contribution is 0.0698. The third-order valence-corrected chi connectivity index (χ3v) is 2.84. The highest BCUT2D eigenvalue weighted by molar-refractivity contribution is 14.0. The SMILES string of the molecule is CN=C(NCCCOCCOC)NCCCc1nc(C)no1.I. The number of hydrogen-bond acceptors (Lipinski definition) is 6. The van der Waals surface area contributed by atoms with Crippen molar-refractivity contribution in [3.63, 3.8) is 0 Å². The van der Waals surface area contributed by atoms with Crippen LogP contribution in [0.4, 0.5) is 0 Å². The van der Waals surface area contributed by atoms with Crippen molar-refractivity contribution < 1.29 is 14.0 Å².